The van der Waals surface area contributed by atoms with Gasteiger partial charge in [-0.3, -0.25) is 24.7 Å². The number of nitrogens with one attached hydrogen (secondary N) is 2. The molecule has 2 N–H and O–H groups in total. The van der Waals surface area contributed by atoms with E-state index in [-0.39, 0.29) is 47.5 Å². The molecule has 12 heteroatoms. The highest BCUT2D eigenvalue weighted by atomic mass is 79.9. The van der Waals surface area contributed by atoms with E-state index in [1.54, 1.807) is 35.2 Å². The lowest BCUT2D eigenvalue weighted by Gasteiger charge is -2.35. The number of halogens is 1. The van der Waals surface area contributed by atoms with Gasteiger partial charge in [0.2, 0.25) is 0 Å². The van der Waals surface area contributed by atoms with Gasteiger partial charge in [0.05, 0.1) is 40.0 Å². The minimum atomic E-state index is -0.534. The Balaban J connectivity index is 1.64. The fourth-order valence-electron chi connectivity index (χ4n) is 4.96. The lowest BCUT2D eigenvalue weighted by Crippen LogP contribution is -2.48. The van der Waals surface area contributed by atoms with Gasteiger partial charge in [-0.15, -0.1) is 6.42 Å². The summed E-state index contributed by atoms with van der Waals surface area (Å²) in [5, 5.41) is 18.2. The number of aromatic nitrogens is 1. The molecule has 38 heavy (non-hydrogen) atoms. The molecule has 0 radical (unpaired) electrons. The number of carbonyl (C=O) groups is 2. The van der Waals surface area contributed by atoms with Crippen molar-refractivity contribution in [2.75, 3.05) is 37.3 Å². The predicted octanol–water partition coefficient (Wildman–Crippen LogP) is 3.37. The van der Waals surface area contributed by atoms with Crippen molar-refractivity contribution in [3.8, 4) is 12.3 Å². The van der Waals surface area contributed by atoms with Crippen LogP contribution in [0.25, 0.3) is 0 Å². The number of likely N-dealkylation sites (tertiary alicyclic amines) is 1. The van der Waals surface area contributed by atoms with Crippen molar-refractivity contribution in [3.05, 3.63) is 56.3 Å². The number of rotatable bonds is 6. The summed E-state index contributed by atoms with van der Waals surface area (Å²) >= 11 is 3.31. The summed E-state index contributed by atoms with van der Waals surface area (Å²) in [5.41, 5.74) is 1.08. The standard InChI is InChI=1S/C26H29BrN6O5/c1-5-21-9-20(14-32(21)25(34)17-6-19(28-4)11-29-10-17)30-24-22(7-18(27)8-23(24)33(36)37)26(35)31-12-15(2)38-16(3)13-31/h1,6-8,10-11,15-16,20-21,28,30H,9,12-14H2,2-4H3/t15-,16+,20-,21-/m1/s1. The smallest absolute Gasteiger partial charge is 0.294 e. The molecule has 0 spiro atoms. The number of carbonyl (C=O) groups excluding carboxylic acids is 2. The second-order valence-electron chi connectivity index (χ2n) is 9.50. The number of hydrogen-bond donors (Lipinski definition) is 2. The Labute approximate surface area is 229 Å². The largest absolute Gasteiger partial charge is 0.387 e. The minimum Gasteiger partial charge on any atom is -0.387 e. The second kappa shape index (κ2) is 11.4. The van der Waals surface area contributed by atoms with Crippen LogP contribution in [0.15, 0.2) is 35.1 Å². The van der Waals surface area contributed by atoms with Gasteiger partial charge in [0.15, 0.2) is 0 Å². The summed E-state index contributed by atoms with van der Waals surface area (Å²) in [4.78, 5) is 45.7. The SMILES string of the molecule is C#C[C@@H]1C[C@@H](Nc2c(C(=O)N3C[C@@H](C)O[C@@H](C)C3)cc(Br)cc2[N+](=O)[O-])CN1C(=O)c1cncc(NC)c1. The Kier molecular flexibility index (Phi) is 8.18. The van der Waals surface area contributed by atoms with Crippen LogP contribution >= 0.6 is 15.9 Å². The number of pyridine rings is 1. The van der Waals surface area contributed by atoms with Gasteiger partial charge < -0.3 is 25.2 Å². The van der Waals surface area contributed by atoms with E-state index >= 15 is 0 Å². The number of morpholine rings is 1. The molecule has 11 nitrogen and oxygen atoms in total. The van der Waals surface area contributed by atoms with Crippen molar-refractivity contribution in [3.63, 3.8) is 0 Å². The number of anilines is 2. The predicted molar refractivity (Wildman–Crippen MR) is 146 cm³/mol. The van der Waals surface area contributed by atoms with E-state index in [1.165, 1.54) is 12.3 Å². The molecule has 0 bridgehead atoms. The molecule has 0 aliphatic carbocycles. The Morgan fingerprint density at radius 2 is 1.89 bits per heavy atom. The first-order chi connectivity index (χ1) is 18.1. The van der Waals surface area contributed by atoms with Crippen LogP contribution in [0.2, 0.25) is 0 Å². The normalized spacial score (nSPS) is 23.0. The zero-order chi connectivity index (χ0) is 27.6. The maximum Gasteiger partial charge on any atom is 0.294 e. The summed E-state index contributed by atoms with van der Waals surface area (Å²) in [6.45, 7) is 4.69. The van der Waals surface area contributed by atoms with E-state index in [0.717, 1.165) is 0 Å². The number of nitro groups is 1. The molecule has 1 aromatic carbocycles. The number of terminal acetylenes is 1. The van der Waals surface area contributed by atoms with Crippen LogP contribution in [0, 0.1) is 22.5 Å². The number of hydrogen-bond acceptors (Lipinski definition) is 8. The van der Waals surface area contributed by atoms with Gasteiger partial charge in [-0.1, -0.05) is 21.9 Å². The second-order valence-corrected chi connectivity index (χ2v) is 10.4. The third-order valence-corrected chi connectivity index (χ3v) is 7.05. The summed E-state index contributed by atoms with van der Waals surface area (Å²) in [7, 11) is 1.73. The van der Waals surface area contributed by atoms with Gasteiger partial charge >= 0.3 is 0 Å². The van der Waals surface area contributed by atoms with Crippen LogP contribution in [-0.4, -0.2) is 82.5 Å². The monoisotopic (exact) mass is 584 g/mol. The first-order valence-corrected chi connectivity index (χ1v) is 13.0. The summed E-state index contributed by atoms with van der Waals surface area (Å²) in [5.74, 6) is 2.02. The molecule has 4 rings (SSSR count). The Morgan fingerprint density at radius 3 is 2.53 bits per heavy atom. The Bertz CT molecular complexity index is 1290. The molecule has 200 valence electrons. The highest BCUT2D eigenvalue weighted by Gasteiger charge is 2.37. The molecule has 0 saturated carbocycles. The molecule has 0 unspecified atom stereocenters. The van der Waals surface area contributed by atoms with Gasteiger partial charge in [-0.25, -0.2) is 0 Å². The minimum absolute atomic E-state index is 0.101. The van der Waals surface area contributed by atoms with E-state index in [0.29, 0.717) is 35.2 Å². The molecular weight excluding hydrogens is 556 g/mol. The average Bonchev–Trinajstić information content (AvgIpc) is 3.30. The summed E-state index contributed by atoms with van der Waals surface area (Å²) in [6.07, 6.45) is 8.86. The summed E-state index contributed by atoms with van der Waals surface area (Å²) < 4.78 is 6.15. The lowest BCUT2D eigenvalue weighted by atomic mass is 10.1. The van der Waals surface area contributed by atoms with E-state index in [1.807, 2.05) is 13.8 Å². The molecule has 1 aromatic heterocycles. The van der Waals surface area contributed by atoms with E-state index in [4.69, 9.17) is 11.2 Å². The number of ether oxygens (including phenoxy) is 1. The number of amides is 2. The quantitative estimate of drug-likeness (QED) is 0.300. The third-order valence-electron chi connectivity index (χ3n) is 6.59. The average molecular weight is 585 g/mol. The zero-order valence-corrected chi connectivity index (χ0v) is 22.9. The van der Waals surface area contributed by atoms with Gasteiger partial charge in [0.1, 0.15) is 5.69 Å². The first-order valence-electron chi connectivity index (χ1n) is 12.2. The van der Waals surface area contributed by atoms with Gasteiger partial charge in [-0.05, 0) is 26.0 Å². The Morgan fingerprint density at radius 1 is 1.18 bits per heavy atom. The van der Waals surface area contributed by atoms with Crippen molar-refractivity contribution < 1.29 is 19.2 Å². The molecule has 2 amide bonds. The fraction of sp³-hybridized carbons (Fsp3) is 0.423. The molecule has 4 atom stereocenters. The fourth-order valence-corrected chi connectivity index (χ4v) is 5.40. The molecule has 2 aliphatic heterocycles. The lowest BCUT2D eigenvalue weighted by molar-refractivity contribution is -0.384. The molecule has 2 aromatic rings. The van der Waals surface area contributed by atoms with Crippen molar-refractivity contribution in [2.45, 2.75) is 44.6 Å². The maximum atomic E-state index is 13.6. The molecule has 2 aliphatic rings. The van der Waals surface area contributed by atoms with Crippen molar-refractivity contribution >= 4 is 44.8 Å². The van der Waals surface area contributed by atoms with E-state index in [9.17, 15) is 19.7 Å². The van der Waals surface area contributed by atoms with Crippen LogP contribution in [-0.2, 0) is 4.74 Å². The topological polar surface area (TPSA) is 130 Å². The van der Waals surface area contributed by atoms with Crippen LogP contribution in [0.3, 0.4) is 0 Å². The van der Waals surface area contributed by atoms with Crippen LogP contribution < -0.4 is 10.6 Å². The summed E-state index contributed by atoms with van der Waals surface area (Å²) in [6, 6.07) is 3.66. The van der Waals surface area contributed by atoms with E-state index in [2.05, 4.69) is 37.5 Å². The maximum absolute atomic E-state index is 13.6. The Hall–Kier alpha value is -3.69. The highest BCUT2D eigenvalue weighted by molar-refractivity contribution is 9.10. The van der Waals surface area contributed by atoms with Crippen LogP contribution in [0.4, 0.5) is 17.1 Å². The number of nitrogens with zero attached hydrogens (tertiary/aromatic N) is 4. The van der Waals surface area contributed by atoms with E-state index < -0.39 is 17.0 Å². The van der Waals surface area contributed by atoms with Crippen molar-refractivity contribution in [2.24, 2.45) is 0 Å². The van der Waals surface area contributed by atoms with Crippen LogP contribution in [0.1, 0.15) is 41.0 Å². The first kappa shape index (κ1) is 27.3. The van der Waals surface area contributed by atoms with Crippen molar-refractivity contribution in [1.29, 1.82) is 0 Å². The number of benzene rings is 1. The van der Waals surface area contributed by atoms with Crippen LogP contribution in [0.5, 0.6) is 0 Å². The van der Waals surface area contributed by atoms with Gasteiger partial charge in [0.25, 0.3) is 17.5 Å². The van der Waals surface area contributed by atoms with Gasteiger partial charge in [-0.2, -0.15) is 0 Å². The highest BCUT2D eigenvalue weighted by Crippen LogP contribution is 2.36. The molecular formula is C26H29BrN6O5. The molecule has 2 fully saturated rings. The number of nitro benzene ring substituents is 1. The third kappa shape index (κ3) is 5.74. The van der Waals surface area contributed by atoms with Crippen molar-refractivity contribution in [1.82, 2.24) is 14.8 Å². The zero-order valence-electron chi connectivity index (χ0n) is 21.3. The van der Waals surface area contributed by atoms with Gasteiger partial charge in [0, 0.05) is 62.1 Å². The molecule has 2 saturated heterocycles. The molecule has 3 heterocycles.